The van der Waals surface area contributed by atoms with Crippen molar-refractivity contribution in [1.29, 1.82) is 0 Å². The van der Waals surface area contributed by atoms with E-state index in [2.05, 4.69) is 6.92 Å². The Morgan fingerprint density at radius 1 is 1.18 bits per heavy atom. The van der Waals surface area contributed by atoms with E-state index in [9.17, 15) is 0 Å². The number of rotatable bonds is 0. The van der Waals surface area contributed by atoms with E-state index in [-0.39, 0.29) is 0 Å². The summed E-state index contributed by atoms with van der Waals surface area (Å²) < 4.78 is 0. The van der Waals surface area contributed by atoms with Gasteiger partial charge in [0.25, 0.3) is 0 Å². The molecule has 0 aromatic rings. The lowest BCUT2D eigenvalue weighted by molar-refractivity contribution is 0.383. The lowest BCUT2D eigenvalue weighted by Gasteiger charge is -2.07. The zero-order valence-electron chi connectivity index (χ0n) is 6.44. The van der Waals surface area contributed by atoms with Crippen LogP contribution in [0.5, 0.6) is 0 Å². The summed E-state index contributed by atoms with van der Waals surface area (Å²) in [4.78, 5) is 0. The SMILES string of the molecule is CC1C2C13C21C24C56CC5C62C314. The molecule has 9 unspecified atom stereocenters. The molecule has 8 fully saturated rings. The third-order valence-corrected chi connectivity index (χ3v) is 8.71. The van der Waals surface area contributed by atoms with Crippen molar-refractivity contribution < 1.29 is 0 Å². The van der Waals surface area contributed by atoms with Gasteiger partial charge in [0, 0.05) is 0 Å². The average molecular weight is 140 g/mol. The van der Waals surface area contributed by atoms with Crippen LogP contribution in [0.1, 0.15) is 13.3 Å². The molecule has 9 atom stereocenters. The van der Waals surface area contributed by atoms with Crippen molar-refractivity contribution in [3.05, 3.63) is 0 Å². The van der Waals surface area contributed by atoms with E-state index in [0.717, 1.165) is 27.1 Å². The van der Waals surface area contributed by atoms with E-state index in [1.807, 2.05) is 0 Å². The quantitative estimate of drug-likeness (QED) is 0.475. The highest BCUT2D eigenvalue weighted by atomic mass is 15.7. The molecule has 8 aliphatic rings. The molecule has 0 heterocycles. The molecule has 0 amide bonds. The van der Waals surface area contributed by atoms with E-state index in [0.29, 0.717) is 0 Å². The monoisotopic (exact) mass is 140 g/mol. The van der Waals surface area contributed by atoms with Crippen LogP contribution in [-0.4, -0.2) is 0 Å². The van der Waals surface area contributed by atoms with E-state index in [1.54, 1.807) is 6.42 Å². The van der Waals surface area contributed by atoms with Crippen LogP contribution in [0, 0.1) is 50.2 Å². The zero-order valence-corrected chi connectivity index (χ0v) is 6.44. The van der Waals surface area contributed by atoms with E-state index in [4.69, 9.17) is 0 Å². The van der Waals surface area contributed by atoms with Gasteiger partial charge in [0.1, 0.15) is 0 Å². The Bertz CT molecular complexity index is 502. The third kappa shape index (κ3) is 0.0592. The maximum Gasteiger partial charge on any atom is -0.00137 e. The molecule has 0 aliphatic heterocycles. The topological polar surface area (TPSA) is 0 Å². The fourth-order valence-electron chi connectivity index (χ4n) is 9.50. The van der Waals surface area contributed by atoms with Crippen LogP contribution in [0.3, 0.4) is 0 Å². The largest absolute Gasteiger partial charge is 0.0616 e. The lowest BCUT2D eigenvalue weighted by atomic mass is 9.96. The second kappa shape index (κ2) is 0.383. The summed E-state index contributed by atoms with van der Waals surface area (Å²) in [5.41, 5.74) is 6.89. The van der Waals surface area contributed by atoms with Crippen molar-refractivity contribution in [1.82, 2.24) is 0 Å². The molecule has 8 saturated carbocycles. The van der Waals surface area contributed by atoms with Crippen LogP contribution < -0.4 is 0 Å². The summed E-state index contributed by atoms with van der Waals surface area (Å²) in [6, 6.07) is 0. The molecule has 52 valence electrons. The van der Waals surface area contributed by atoms with E-state index in [1.165, 1.54) is 23.2 Å². The molecule has 8 rings (SSSR count). The Kier molecular flexibility index (Phi) is 0.118. The zero-order chi connectivity index (χ0) is 6.44. The molecule has 8 aliphatic carbocycles. The van der Waals surface area contributed by atoms with Gasteiger partial charge in [-0.25, -0.2) is 0 Å². The van der Waals surface area contributed by atoms with E-state index < -0.39 is 0 Å². The summed E-state index contributed by atoms with van der Waals surface area (Å²) in [6.45, 7) is 2.53. The summed E-state index contributed by atoms with van der Waals surface area (Å²) in [5.74, 6) is 3.88. The minimum absolute atomic E-state index is 1.11. The third-order valence-electron chi connectivity index (χ3n) is 8.71. The molecular formula is C11H8. The van der Waals surface area contributed by atoms with Gasteiger partial charge in [0.05, 0.1) is 0 Å². The Hall–Kier alpha value is 0. The molecule has 11 heavy (non-hydrogen) atoms. The average Bonchev–Trinajstić information content (AvgIpc) is 2.76. The van der Waals surface area contributed by atoms with Gasteiger partial charge in [-0.15, -0.1) is 0 Å². The Labute approximate surface area is 64.3 Å². The van der Waals surface area contributed by atoms with Gasteiger partial charge in [0.15, 0.2) is 0 Å². The van der Waals surface area contributed by atoms with Crippen molar-refractivity contribution in [2.45, 2.75) is 13.3 Å². The lowest BCUT2D eigenvalue weighted by Crippen LogP contribution is -2.05. The molecule has 6 spiro atoms. The van der Waals surface area contributed by atoms with Crippen LogP contribution in [0.2, 0.25) is 0 Å². The first-order valence-electron chi connectivity index (χ1n) is 5.37. The molecule has 0 heteroatoms. The molecule has 0 aromatic heterocycles. The minimum atomic E-state index is 1.11. The van der Waals surface area contributed by atoms with Gasteiger partial charge in [-0.1, -0.05) is 6.92 Å². The number of hydrogen-bond acceptors (Lipinski definition) is 0. The van der Waals surface area contributed by atoms with Gasteiger partial charge < -0.3 is 0 Å². The summed E-state index contributed by atoms with van der Waals surface area (Å²) >= 11 is 0. The summed E-state index contributed by atoms with van der Waals surface area (Å²) in [6.07, 6.45) is 1.70. The van der Waals surface area contributed by atoms with Crippen molar-refractivity contribution in [2.75, 3.05) is 0 Å². The molecule has 0 bridgehead atoms. The predicted molar refractivity (Wildman–Crippen MR) is 35.4 cm³/mol. The normalized spacial score (nSPS) is 137. The minimum Gasteiger partial charge on any atom is -0.0616 e. The summed E-state index contributed by atoms with van der Waals surface area (Å²) in [5, 5.41) is 0. The fourth-order valence-corrected chi connectivity index (χ4v) is 9.50. The highest BCUT2D eigenvalue weighted by Gasteiger charge is 3.64. The van der Waals surface area contributed by atoms with Crippen molar-refractivity contribution in [3.8, 4) is 0 Å². The molecule has 0 aromatic carbocycles. The standard InChI is InChI=1S/C11H8/c1-3-5-7(3)9(5)10-6-2-4(6)8(6,10)11(7,9)10/h3-5H,2H2,1H3. The van der Waals surface area contributed by atoms with Gasteiger partial charge in [0.2, 0.25) is 0 Å². The Balaban J connectivity index is 1.67. The van der Waals surface area contributed by atoms with Crippen LogP contribution in [0.4, 0.5) is 0 Å². The maximum absolute atomic E-state index is 2.53. The fraction of sp³-hybridized carbons (Fsp3) is 1.00. The molecule has 0 saturated heterocycles. The molecule has 0 nitrogen and oxygen atoms in total. The van der Waals surface area contributed by atoms with Crippen molar-refractivity contribution >= 4 is 0 Å². The van der Waals surface area contributed by atoms with Crippen LogP contribution in [-0.2, 0) is 0 Å². The van der Waals surface area contributed by atoms with Gasteiger partial charge in [-0.2, -0.15) is 0 Å². The smallest absolute Gasteiger partial charge is 0.00137 e. The first-order valence-corrected chi connectivity index (χ1v) is 5.37. The predicted octanol–water partition coefficient (Wildman–Crippen LogP) is 1.27. The van der Waals surface area contributed by atoms with E-state index >= 15 is 0 Å². The molecule has 0 N–H and O–H groups in total. The maximum atomic E-state index is 2.53. The van der Waals surface area contributed by atoms with Crippen molar-refractivity contribution in [3.63, 3.8) is 0 Å². The van der Waals surface area contributed by atoms with Crippen molar-refractivity contribution in [2.24, 2.45) is 50.2 Å². The van der Waals surface area contributed by atoms with Gasteiger partial charge >= 0.3 is 0 Å². The highest BCUT2D eigenvalue weighted by Crippen LogP contribution is 3.65. The summed E-state index contributed by atoms with van der Waals surface area (Å²) in [7, 11) is 0. The highest BCUT2D eigenvalue weighted by molar-refractivity contribution is 6.09. The second-order valence-corrected chi connectivity index (χ2v) is 6.98. The molecule has 0 radical (unpaired) electrons. The van der Waals surface area contributed by atoms with Crippen LogP contribution >= 0.6 is 0 Å². The van der Waals surface area contributed by atoms with Crippen LogP contribution in [0.25, 0.3) is 0 Å². The first-order chi connectivity index (χ1) is 5.37. The Morgan fingerprint density at radius 2 is 2.09 bits per heavy atom. The molecular weight excluding hydrogens is 132 g/mol. The Morgan fingerprint density at radius 3 is 2.73 bits per heavy atom. The second-order valence-electron chi connectivity index (χ2n) is 6.98. The van der Waals surface area contributed by atoms with Gasteiger partial charge in [-0.3, -0.25) is 0 Å². The van der Waals surface area contributed by atoms with Crippen LogP contribution in [0.15, 0.2) is 0 Å². The number of hydrogen-bond donors (Lipinski definition) is 0. The first kappa shape index (κ1) is 3.40. The van der Waals surface area contributed by atoms with Gasteiger partial charge in [-0.05, 0) is 56.7 Å².